The summed E-state index contributed by atoms with van der Waals surface area (Å²) in [5, 5.41) is 35.0. The Kier molecular flexibility index (Phi) is 11.8. The first kappa shape index (κ1) is 40.5. The number of likely N-dealkylation sites (tertiary alicyclic amines) is 1. The molecule has 2 aliphatic rings. The molecule has 16 heteroatoms. The zero-order valence-electron chi connectivity index (χ0n) is 33.2. The topological polar surface area (TPSA) is 187 Å². The van der Waals surface area contributed by atoms with E-state index in [0.717, 1.165) is 51.7 Å². The number of hydrogen-bond acceptors (Lipinski definition) is 9. The van der Waals surface area contributed by atoms with Crippen molar-refractivity contribution >= 4 is 58.5 Å². The third-order valence-electron chi connectivity index (χ3n) is 11.0. The Balaban J connectivity index is 0.904. The normalized spacial score (nSPS) is 15.1. The number of aryl methyl sites for hydroxylation is 1. The quantitative estimate of drug-likeness (QED) is 0.112. The van der Waals surface area contributed by atoms with E-state index in [0.29, 0.717) is 65.5 Å². The summed E-state index contributed by atoms with van der Waals surface area (Å²) in [6.07, 6.45) is 1.68. The standard InChI is InChI=1S/C44H44BClN8O6/c1-3-47-40(55)23-37-43-52-51-26(2)54(43)39-14-12-34(22-35(39)42(50-37)29-7-10-33(46)11-8-29)60-25-41(56)48-24-27-5-4-6-30(19-27)28-15-17-53(18-16-28)44(57)38-21-31-20-32(45(58)59)9-13-36(31)49-38/h4-14,19-22,28,37,49,58-59H,3,15-18,23-25H2,1-2H3,(H,47,55)(H,48,56)/t37-/m0/s1. The van der Waals surface area contributed by atoms with Crippen LogP contribution in [0.15, 0.2) is 96.0 Å². The molecule has 0 bridgehead atoms. The van der Waals surface area contributed by atoms with Crippen molar-refractivity contribution in [2.75, 3.05) is 26.2 Å². The number of carbonyl (C=O) groups is 3. The van der Waals surface area contributed by atoms with Gasteiger partial charge in [-0.1, -0.05) is 60.1 Å². The first-order valence-electron chi connectivity index (χ1n) is 20.0. The number of carbonyl (C=O) groups excluding carboxylic acids is 3. The van der Waals surface area contributed by atoms with E-state index < -0.39 is 13.2 Å². The molecule has 0 unspecified atom stereocenters. The van der Waals surface area contributed by atoms with Gasteiger partial charge < -0.3 is 35.3 Å². The number of piperidine rings is 1. The number of fused-ring (bicyclic) bond motifs is 4. The van der Waals surface area contributed by atoms with Gasteiger partial charge in [-0.05, 0) is 97.0 Å². The first-order chi connectivity index (χ1) is 29.0. The molecule has 0 spiro atoms. The second-order valence-electron chi connectivity index (χ2n) is 15.1. The Morgan fingerprint density at radius 2 is 1.73 bits per heavy atom. The summed E-state index contributed by atoms with van der Waals surface area (Å²) in [5.41, 5.74) is 6.62. The van der Waals surface area contributed by atoms with Crippen molar-refractivity contribution in [3.05, 3.63) is 136 Å². The van der Waals surface area contributed by atoms with Gasteiger partial charge in [0.25, 0.3) is 11.8 Å². The predicted molar refractivity (Wildman–Crippen MR) is 229 cm³/mol. The van der Waals surface area contributed by atoms with Gasteiger partial charge in [-0.15, -0.1) is 10.2 Å². The van der Waals surface area contributed by atoms with Gasteiger partial charge in [0.1, 0.15) is 23.3 Å². The number of H-pyrrole nitrogens is 1. The molecule has 6 aromatic rings. The Labute approximate surface area is 351 Å². The van der Waals surface area contributed by atoms with Gasteiger partial charge in [-0.3, -0.25) is 23.9 Å². The largest absolute Gasteiger partial charge is 0.488 e. The number of halogens is 1. The third kappa shape index (κ3) is 8.69. The van der Waals surface area contributed by atoms with Gasteiger partial charge in [0, 0.05) is 47.8 Å². The van der Waals surface area contributed by atoms with Crippen LogP contribution in [-0.4, -0.2) is 91.5 Å². The van der Waals surface area contributed by atoms with E-state index >= 15 is 0 Å². The lowest BCUT2D eigenvalue weighted by Crippen LogP contribution is -2.38. The van der Waals surface area contributed by atoms with Gasteiger partial charge in [-0.2, -0.15) is 0 Å². The highest BCUT2D eigenvalue weighted by molar-refractivity contribution is 6.58. The third-order valence-corrected chi connectivity index (χ3v) is 11.3. The van der Waals surface area contributed by atoms with Gasteiger partial charge >= 0.3 is 7.12 Å². The van der Waals surface area contributed by atoms with Gasteiger partial charge in [0.15, 0.2) is 12.4 Å². The second-order valence-corrected chi connectivity index (χ2v) is 15.5. The molecule has 2 aromatic heterocycles. The lowest BCUT2D eigenvalue weighted by molar-refractivity contribution is -0.123. The molecule has 0 radical (unpaired) electrons. The summed E-state index contributed by atoms with van der Waals surface area (Å²) < 4.78 is 7.96. The monoisotopic (exact) mass is 826 g/mol. The SMILES string of the molecule is CCNC(=O)C[C@@H]1N=C(c2ccc(Cl)cc2)c2cc(OCC(=O)NCc3cccc(C4CCN(C(=O)c5cc6cc(B(O)O)ccc6[nH]5)CC4)c3)ccc2-n2c(C)nnc21. The molecule has 60 heavy (non-hydrogen) atoms. The number of benzene rings is 4. The van der Waals surface area contributed by atoms with Crippen LogP contribution in [-0.2, 0) is 16.1 Å². The summed E-state index contributed by atoms with van der Waals surface area (Å²) in [6, 6.07) is 27.2. The van der Waals surface area contributed by atoms with E-state index in [4.69, 9.17) is 21.3 Å². The highest BCUT2D eigenvalue weighted by Crippen LogP contribution is 2.35. The van der Waals surface area contributed by atoms with E-state index in [1.165, 1.54) is 0 Å². The average Bonchev–Trinajstić information content (AvgIpc) is 3.83. The minimum atomic E-state index is -1.57. The van der Waals surface area contributed by atoms with Crippen molar-refractivity contribution in [3.63, 3.8) is 0 Å². The van der Waals surface area contributed by atoms with E-state index in [-0.39, 0.29) is 36.7 Å². The van der Waals surface area contributed by atoms with Crippen molar-refractivity contribution in [2.24, 2.45) is 4.99 Å². The van der Waals surface area contributed by atoms with Crippen LogP contribution in [0.4, 0.5) is 0 Å². The number of ether oxygens (including phenoxy) is 1. The fourth-order valence-electron chi connectivity index (χ4n) is 7.96. The zero-order chi connectivity index (χ0) is 41.9. The molecule has 2 aliphatic heterocycles. The van der Waals surface area contributed by atoms with Crippen LogP contribution in [0, 0.1) is 6.92 Å². The second kappa shape index (κ2) is 17.5. The molecule has 0 aliphatic carbocycles. The molecule has 1 atom stereocenters. The van der Waals surface area contributed by atoms with Crippen LogP contribution in [0.25, 0.3) is 16.6 Å². The molecule has 4 heterocycles. The molecule has 0 saturated carbocycles. The maximum Gasteiger partial charge on any atom is 0.488 e. The smallest absolute Gasteiger partial charge is 0.484 e. The molecule has 5 N–H and O–H groups in total. The molecule has 1 fully saturated rings. The van der Waals surface area contributed by atoms with E-state index in [9.17, 15) is 24.4 Å². The molecule has 4 aromatic carbocycles. The lowest BCUT2D eigenvalue weighted by Gasteiger charge is -2.32. The van der Waals surface area contributed by atoms with Crippen LogP contribution in [0.5, 0.6) is 5.75 Å². The minimum Gasteiger partial charge on any atom is -0.484 e. The maximum absolute atomic E-state index is 13.4. The summed E-state index contributed by atoms with van der Waals surface area (Å²) in [5.74, 6) is 1.39. The number of aromatic amines is 1. The van der Waals surface area contributed by atoms with Crippen molar-refractivity contribution in [1.82, 2.24) is 35.3 Å². The van der Waals surface area contributed by atoms with Crippen molar-refractivity contribution < 1.29 is 29.2 Å². The molecule has 8 rings (SSSR count). The van der Waals surface area contributed by atoms with Crippen LogP contribution in [0.2, 0.25) is 5.02 Å². The van der Waals surface area contributed by atoms with Crippen molar-refractivity contribution in [3.8, 4) is 11.4 Å². The van der Waals surface area contributed by atoms with Crippen molar-refractivity contribution in [2.45, 2.75) is 51.6 Å². The first-order valence-corrected chi connectivity index (χ1v) is 20.4. The van der Waals surface area contributed by atoms with Gasteiger partial charge in [0.2, 0.25) is 5.91 Å². The molecule has 3 amide bonds. The van der Waals surface area contributed by atoms with Crippen molar-refractivity contribution in [1.29, 1.82) is 0 Å². The summed E-state index contributed by atoms with van der Waals surface area (Å²) >= 11 is 6.25. The van der Waals surface area contributed by atoms with Crippen LogP contribution in [0.1, 0.15) is 82.5 Å². The van der Waals surface area contributed by atoms with Gasteiger partial charge in [-0.25, -0.2) is 0 Å². The highest BCUT2D eigenvalue weighted by atomic mass is 35.5. The number of aromatic nitrogens is 4. The molecule has 306 valence electrons. The zero-order valence-corrected chi connectivity index (χ0v) is 33.9. The Bertz CT molecular complexity index is 2600. The van der Waals surface area contributed by atoms with Crippen LogP contribution in [0.3, 0.4) is 0 Å². The Hall–Kier alpha value is -6.29. The number of nitrogens with one attached hydrogen (secondary N) is 3. The van der Waals surface area contributed by atoms with Gasteiger partial charge in [0.05, 0.1) is 17.8 Å². The fraction of sp³-hybridized carbons (Fsp3) is 0.273. The average molecular weight is 827 g/mol. The van der Waals surface area contributed by atoms with Crippen LogP contribution < -0.4 is 20.8 Å². The summed E-state index contributed by atoms with van der Waals surface area (Å²) in [7, 11) is -1.57. The number of hydrogen-bond donors (Lipinski definition) is 5. The summed E-state index contributed by atoms with van der Waals surface area (Å²) in [6.45, 7) is 5.53. The molecular weight excluding hydrogens is 783 g/mol. The molecule has 14 nitrogen and oxygen atoms in total. The highest BCUT2D eigenvalue weighted by Gasteiger charge is 2.30. The number of nitrogens with zero attached hydrogens (tertiary/aromatic N) is 5. The predicted octanol–water partition coefficient (Wildman–Crippen LogP) is 4.52. The lowest BCUT2D eigenvalue weighted by atomic mass is 9.80. The minimum absolute atomic E-state index is 0.0819. The Morgan fingerprint density at radius 1 is 0.933 bits per heavy atom. The fourth-order valence-corrected chi connectivity index (χ4v) is 8.08. The van der Waals surface area contributed by atoms with E-state index in [1.807, 2.05) is 59.7 Å². The molecular formula is C44H44BClN8O6. The summed E-state index contributed by atoms with van der Waals surface area (Å²) in [4.78, 5) is 49.4. The maximum atomic E-state index is 13.4. The van der Waals surface area contributed by atoms with Crippen LogP contribution >= 0.6 is 11.6 Å². The number of amides is 3. The Morgan fingerprint density at radius 3 is 2.50 bits per heavy atom. The molecule has 1 saturated heterocycles. The van der Waals surface area contributed by atoms with E-state index in [2.05, 4.69) is 37.9 Å². The number of rotatable bonds is 12. The van der Waals surface area contributed by atoms with E-state index in [1.54, 1.807) is 42.5 Å². The number of aliphatic imine (C=N–C) groups is 1.